The van der Waals surface area contributed by atoms with Crippen molar-refractivity contribution in [2.75, 3.05) is 25.1 Å². The van der Waals surface area contributed by atoms with Crippen LogP contribution in [-0.4, -0.2) is 47.6 Å². The number of nitrogens with one attached hydrogen (secondary N) is 1. The molecular weight excluding hydrogens is 420 g/mol. The fraction of sp³-hybridized carbons (Fsp3) is 0.286. The van der Waals surface area contributed by atoms with Gasteiger partial charge in [-0.15, -0.1) is 11.3 Å². The van der Waals surface area contributed by atoms with Gasteiger partial charge in [0.1, 0.15) is 11.1 Å². The first-order chi connectivity index (χ1) is 15.0. The van der Waals surface area contributed by atoms with E-state index in [1.165, 1.54) is 22.3 Å². The van der Waals surface area contributed by atoms with E-state index in [9.17, 15) is 19.6 Å². The topological polar surface area (TPSA) is 122 Å². The molecule has 0 saturated heterocycles. The number of nitrogens with zero attached hydrogens (tertiary/aromatic N) is 3. The summed E-state index contributed by atoms with van der Waals surface area (Å²) in [7, 11) is 0. The molecule has 1 N–H and O–H groups in total. The lowest BCUT2D eigenvalue weighted by Crippen LogP contribution is -2.36. The van der Waals surface area contributed by atoms with Crippen molar-refractivity contribution in [2.45, 2.75) is 19.9 Å². The summed E-state index contributed by atoms with van der Waals surface area (Å²) < 4.78 is 9.72. The molecule has 2 aromatic heterocycles. The third kappa shape index (κ3) is 5.67. The van der Waals surface area contributed by atoms with Gasteiger partial charge in [-0.2, -0.15) is 5.26 Å². The lowest BCUT2D eigenvalue weighted by molar-refractivity contribution is -0.146. The van der Waals surface area contributed by atoms with Crippen molar-refractivity contribution in [1.29, 1.82) is 5.26 Å². The molecule has 1 aliphatic rings. The normalized spacial score (nSPS) is 12.7. The van der Waals surface area contributed by atoms with E-state index in [0.717, 1.165) is 16.0 Å². The van der Waals surface area contributed by atoms with Crippen LogP contribution < -0.4 is 5.32 Å². The maximum atomic E-state index is 12.3. The van der Waals surface area contributed by atoms with Gasteiger partial charge in [0, 0.05) is 29.9 Å². The number of pyridine rings is 1. The Morgan fingerprint density at radius 3 is 2.94 bits per heavy atom. The first-order valence-corrected chi connectivity index (χ1v) is 10.3. The van der Waals surface area contributed by atoms with Gasteiger partial charge in [0.05, 0.1) is 18.7 Å². The molecule has 3 heterocycles. The van der Waals surface area contributed by atoms with Crippen LogP contribution >= 0.6 is 11.3 Å². The molecule has 1 aliphatic heterocycles. The average Bonchev–Trinajstić information content (AvgIpc) is 3.12. The molecule has 31 heavy (non-hydrogen) atoms. The maximum absolute atomic E-state index is 12.3. The highest BCUT2D eigenvalue weighted by Gasteiger charge is 2.28. The largest absolute Gasteiger partial charge is 0.463 e. The molecular formula is C21H20N4O5S. The molecule has 0 saturated carbocycles. The van der Waals surface area contributed by atoms with Gasteiger partial charge in [-0.05, 0) is 36.6 Å². The molecule has 0 aliphatic carbocycles. The fourth-order valence-electron chi connectivity index (χ4n) is 2.98. The first-order valence-electron chi connectivity index (χ1n) is 9.52. The molecule has 9 nitrogen and oxygen atoms in total. The SMILES string of the molecule is CCOC(=O)COC(=O)N1CCc2c(sc(NC(=O)/C=C/c3cccnc3)c2C#N)C1. The second kappa shape index (κ2) is 10.4. The Kier molecular flexibility index (Phi) is 7.35. The minimum Gasteiger partial charge on any atom is -0.463 e. The standard InChI is InChI=1S/C21H20N4O5S/c1-2-29-19(27)13-30-21(28)25-9-7-15-16(10-22)20(31-17(15)12-25)24-18(26)6-5-14-4-3-8-23-11-14/h3-6,8,11H,2,7,9,12-13H2,1H3,(H,24,26)/b6-5+. The first kappa shape index (κ1) is 22.0. The molecule has 0 spiro atoms. The van der Waals surface area contributed by atoms with Gasteiger partial charge in [0.2, 0.25) is 5.91 Å². The average molecular weight is 440 g/mol. The van der Waals surface area contributed by atoms with E-state index >= 15 is 0 Å². The van der Waals surface area contributed by atoms with E-state index in [-0.39, 0.29) is 19.1 Å². The number of carbonyl (C=O) groups excluding carboxylic acids is 3. The van der Waals surface area contributed by atoms with Crippen molar-refractivity contribution in [3.05, 3.63) is 52.2 Å². The molecule has 0 unspecified atom stereocenters. The van der Waals surface area contributed by atoms with Gasteiger partial charge in [0.25, 0.3) is 0 Å². The smallest absolute Gasteiger partial charge is 0.410 e. The molecule has 160 valence electrons. The summed E-state index contributed by atoms with van der Waals surface area (Å²) in [6.45, 7) is 2.00. The van der Waals surface area contributed by atoms with Crippen LogP contribution in [0.2, 0.25) is 0 Å². The van der Waals surface area contributed by atoms with Gasteiger partial charge in [-0.1, -0.05) is 6.07 Å². The number of thiophene rings is 1. The Morgan fingerprint density at radius 1 is 1.39 bits per heavy atom. The molecule has 0 aromatic carbocycles. The van der Waals surface area contributed by atoms with Gasteiger partial charge >= 0.3 is 12.1 Å². The number of aromatic nitrogens is 1. The number of ether oxygens (including phenoxy) is 2. The predicted octanol–water partition coefficient (Wildman–Crippen LogP) is 2.72. The number of carbonyl (C=O) groups is 3. The Bertz CT molecular complexity index is 1040. The Hall–Kier alpha value is -3.71. The van der Waals surface area contributed by atoms with Crippen LogP contribution in [0, 0.1) is 11.3 Å². The van der Waals surface area contributed by atoms with Crippen molar-refractivity contribution in [1.82, 2.24) is 9.88 Å². The van der Waals surface area contributed by atoms with Crippen LogP contribution in [0.5, 0.6) is 0 Å². The van der Waals surface area contributed by atoms with Gasteiger partial charge < -0.3 is 19.7 Å². The predicted molar refractivity (Wildman–Crippen MR) is 113 cm³/mol. The number of anilines is 1. The Morgan fingerprint density at radius 2 is 2.23 bits per heavy atom. The summed E-state index contributed by atoms with van der Waals surface area (Å²) in [5.74, 6) is -0.981. The maximum Gasteiger partial charge on any atom is 0.410 e. The highest BCUT2D eigenvalue weighted by molar-refractivity contribution is 7.16. The fourth-order valence-corrected chi connectivity index (χ4v) is 4.20. The third-order valence-electron chi connectivity index (χ3n) is 4.39. The van der Waals surface area contributed by atoms with E-state index in [1.807, 2.05) is 6.07 Å². The van der Waals surface area contributed by atoms with Crippen LogP contribution in [-0.2, 0) is 32.0 Å². The second-order valence-electron chi connectivity index (χ2n) is 6.46. The van der Waals surface area contributed by atoms with Crippen LogP contribution in [0.25, 0.3) is 6.08 Å². The summed E-state index contributed by atoms with van der Waals surface area (Å²) in [5.41, 5.74) is 2.00. The zero-order chi connectivity index (χ0) is 22.2. The number of amides is 2. The van der Waals surface area contributed by atoms with E-state index in [4.69, 9.17) is 9.47 Å². The summed E-state index contributed by atoms with van der Waals surface area (Å²) in [6, 6.07) is 5.73. The summed E-state index contributed by atoms with van der Waals surface area (Å²) in [4.78, 5) is 42.1. The van der Waals surface area contributed by atoms with Crippen LogP contribution in [0.15, 0.2) is 30.6 Å². The number of fused-ring (bicyclic) bond motifs is 1. The Labute approximate surface area is 182 Å². The third-order valence-corrected chi connectivity index (χ3v) is 5.53. The zero-order valence-corrected chi connectivity index (χ0v) is 17.6. The lowest BCUT2D eigenvalue weighted by atomic mass is 10.0. The molecule has 10 heteroatoms. The monoisotopic (exact) mass is 440 g/mol. The number of nitriles is 1. The summed E-state index contributed by atoms with van der Waals surface area (Å²) in [5, 5.41) is 12.8. The van der Waals surface area contributed by atoms with Gasteiger partial charge in [-0.3, -0.25) is 9.78 Å². The highest BCUT2D eigenvalue weighted by Crippen LogP contribution is 2.36. The van der Waals surface area contributed by atoms with Gasteiger partial charge in [0.15, 0.2) is 6.61 Å². The summed E-state index contributed by atoms with van der Waals surface area (Å²) in [6.07, 6.45) is 6.09. The minimum atomic E-state index is -0.629. The highest BCUT2D eigenvalue weighted by atomic mass is 32.1. The van der Waals surface area contributed by atoms with Crippen LogP contribution in [0.1, 0.15) is 28.5 Å². The minimum absolute atomic E-state index is 0.210. The quantitative estimate of drug-likeness (QED) is 0.541. The summed E-state index contributed by atoms with van der Waals surface area (Å²) >= 11 is 1.25. The molecule has 2 aromatic rings. The van der Waals surface area contributed by atoms with E-state index in [2.05, 4.69) is 16.4 Å². The second-order valence-corrected chi connectivity index (χ2v) is 7.56. The van der Waals surface area contributed by atoms with Crippen molar-refractivity contribution < 1.29 is 23.9 Å². The zero-order valence-electron chi connectivity index (χ0n) is 16.8. The van der Waals surface area contributed by atoms with E-state index in [0.29, 0.717) is 23.5 Å². The van der Waals surface area contributed by atoms with Crippen LogP contribution in [0.3, 0.4) is 0 Å². The van der Waals surface area contributed by atoms with Crippen molar-refractivity contribution >= 4 is 40.4 Å². The molecule has 0 fully saturated rings. The molecule has 3 rings (SSSR count). The molecule has 0 bridgehead atoms. The van der Waals surface area contributed by atoms with Gasteiger partial charge in [-0.25, -0.2) is 9.59 Å². The van der Waals surface area contributed by atoms with Crippen LogP contribution in [0.4, 0.5) is 9.80 Å². The van der Waals surface area contributed by atoms with E-state index < -0.39 is 18.7 Å². The molecule has 0 atom stereocenters. The number of esters is 1. The Balaban J connectivity index is 1.65. The number of hydrogen-bond acceptors (Lipinski definition) is 8. The molecule has 0 radical (unpaired) electrons. The molecule has 2 amide bonds. The number of hydrogen-bond donors (Lipinski definition) is 1. The van der Waals surface area contributed by atoms with Crippen molar-refractivity contribution in [3.63, 3.8) is 0 Å². The lowest BCUT2D eigenvalue weighted by Gasteiger charge is -2.25. The number of rotatable bonds is 6. The van der Waals surface area contributed by atoms with Crippen molar-refractivity contribution in [3.8, 4) is 6.07 Å². The van der Waals surface area contributed by atoms with Crippen molar-refractivity contribution in [2.24, 2.45) is 0 Å². The van der Waals surface area contributed by atoms with E-state index in [1.54, 1.807) is 31.5 Å².